The highest BCUT2D eigenvalue weighted by molar-refractivity contribution is 7.88. The fourth-order valence-electron chi connectivity index (χ4n) is 3.33. The van der Waals surface area contributed by atoms with E-state index in [1.165, 1.54) is 16.2 Å². The zero-order valence-corrected chi connectivity index (χ0v) is 19.4. The van der Waals surface area contributed by atoms with E-state index in [2.05, 4.69) is 15.0 Å². The molecule has 1 saturated heterocycles. The first-order valence-corrected chi connectivity index (χ1v) is 12.8. The number of sulfonamides is 1. The van der Waals surface area contributed by atoms with Crippen LogP contribution in [0.15, 0.2) is 22.5 Å². The van der Waals surface area contributed by atoms with Gasteiger partial charge < -0.3 is 26.5 Å². The van der Waals surface area contributed by atoms with Gasteiger partial charge in [0.15, 0.2) is 5.96 Å². The summed E-state index contributed by atoms with van der Waals surface area (Å²) >= 11 is 1.33. The molecule has 1 aromatic heterocycles. The SMILES string of the molecule is NC(N)=NCCC[C@@H](C=O)NC(=O)CN1CCCC[C@H](NS(=O)(=O)Cc2cccs2)C1=O. The maximum atomic E-state index is 12.9. The molecule has 2 amide bonds. The van der Waals surface area contributed by atoms with Gasteiger partial charge in [-0.1, -0.05) is 6.07 Å². The summed E-state index contributed by atoms with van der Waals surface area (Å²) in [4.78, 5) is 42.4. The van der Waals surface area contributed by atoms with E-state index in [1.807, 2.05) is 0 Å². The normalized spacial score (nSPS) is 17.9. The Morgan fingerprint density at radius 3 is 2.81 bits per heavy atom. The number of rotatable bonds is 12. The van der Waals surface area contributed by atoms with Gasteiger partial charge in [0, 0.05) is 18.0 Å². The Morgan fingerprint density at radius 2 is 2.16 bits per heavy atom. The molecule has 178 valence electrons. The summed E-state index contributed by atoms with van der Waals surface area (Å²) in [6, 6.07) is 1.84. The minimum atomic E-state index is -3.71. The van der Waals surface area contributed by atoms with Gasteiger partial charge in [-0.15, -0.1) is 11.3 Å². The third kappa shape index (κ3) is 8.93. The Labute approximate surface area is 191 Å². The third-order valence-corrected chi connectivity index (χ3v) is 7.22. The van der Waals surface area contributed by atoms with Gasteiger partial charge in [-0.05, 0) is 43.6 Å². The summed E-state index contributed by atoms with van der Waals surface area (Å²) in [5.74, 6) is -1.17. The van der Waals surface area contributed by atoms with Crippen LogP contribution in [0.3, 0.4) is 0 Å². The number of nitrogens with one attached hydrogen (secondary N) is 2. The van der Waals surface area contributed by atoms with Crippen molar-refractivity contribution in [1.82, 2.24) is 14.9 Å². The fraction of sp³-hybridized carbons (Fsp3) is 0.579. The predicted molar refractivity (Wildman–Crippen MR) is 122 cm³/mol. The summed E-state index contributed by atoms with van der Waals surface area (Å²) in [6.07, 6.45) is 3.14. The van der Waals surface area contributed by atoms with E-state index in [4.69, 9.17) is 11.5 Å². The molecule has 2 atom stereocenters. The molecule has 6 N–H and O–H groups in total. The number of hydrogen-bond donors (Lipinski definition) is 4. The lowest BCUT2D eigenvalue weighted by Crippen LogP contribution is -2.51. The van der Waals surface area contributed by atoms with Gasteiger partial charge in [0.1, 0.15) is 12.3 Å². The molecular weight excluding hydrogens is 456 g/mol. The lowest BCUT2D eigenvalue weighted by Gasteiger charge is -2.25. The van der Waals surface area contributed by atoms with E-state index < -0.39 is 33.9 Å². The summed E-state index contributed by atoms with van der Waals surface area (Å²) in [6.45, 7) is 0.423. The largest absolute Gasteiger partial charge is 0.370 e. The lowest BCUT2D eigenvalue weighted by molar-refractivity contribution is -0.137. The van der Waals surface area contributed by atoms with Crippen molar-refractivity contribution in [2.45, 2.75) is 49.9 Å². The zero-order valence-electron chi connectivity index (χ0n) is 17.7. The van der Waals surface area contributed by atoms with Gasteiger partial charge in [-0.2, -0.15) is 0 Å². The lowest BCUT2D eigenvalue weighted by atomic mass is 10.1. The van der Waals surface area contributed by atoms with Crippen molar-refractivity contribution in [2.24, 2.45) is 16.5 Å². The van der Waals surface area contributed by atoms with Crippen LogP contribution in [0.5, 0.6) is 0 Å². The molecule has 32 heavy (non-hydrogen) atoms. The smallest absolute Gasteiger partial charge is 0.241 e. The number of aldehydes is 1. The predicted octanol–water partition coefficient (Wildman–Crippen LogP) is -0.714. The van der Waals surface area contributed by atoms with Crippen molar-refractivity contribution in [2.75, 3.05) is 19.6 Å². The van der Waals surface area contributed by atoms with Crippen molar-refractivity contribution in [3.05, 3.63) is 22.4 Å². The van der Waals surface area contributed by atoms with E-state index in [-0.39, 0.29) is 18.3 Å². The summed E-state index contributed by atoms with van der Waals surface area (Å²) in [5.41, 5.74) is 10.5. The van der Waals surface area contributed by atoms with Crippen LogP contribution in [-0.2, 0) is 30.2 Å². The van der Waals surface area contributed by atoms with Crippen LogP contribution < -0.4 is 21.5 Å². The summed E-state index contributed by atoms with van der Waals surface area (Å²) in [5, 5.41) is 4.37. The molecule has 0 saturated carbocycles. The van der Waals surface area contributed by atoms with E-state index in [9.17, 15) is 22.8 Å². The molecule has 2 rings (SSSR count). The Hall–Kier alpha value is -2.51. The van der Waals surface area contributed by atoms with Crippen molar-refractivity contribution in [1.29, 1.82) is 0 Å². The van der Waals surface area contributed by atoms with Gasteiger partial charge in [0.05, 0.1) is 18.3 Å². The number of carbonyl (C=O) groups is 3. The molecule has 0 aromatic carbocycles. The number of nitrogens with two attached hydrogens (primary N) is 2. The second-order valence-corrected chi connectivity index (χ2v) is 10.3. The van der Waals surface area contributed by atoms with Crippen molar-refractivity contribution >= 4 is 45.4 Å². The molecule has 0 bridgehead atoms. The molecule has 2 heterocycles. The number of amides is 2. The Morgan fingerprint density at radius 1 is 1.38 bits per heavy atom. The Balaban J connectivity index is 1.91. The number of guanidine groups is 1. The molecule has 1 aromatic rings. The number of hydrogen-bond acceptors (Lipinski definition) is 7. The molecule has 0 unspecified atom stereocenters. The van der Waals surface area contributed by atoms with Gasteiger partial charge in [0.25, 0.3) is 0 Å². The molecule has 1 fully saturated rings. The maximum absolute atomic E-state index is 12.9. The van der Waals surface area contributed by atoms with Crippen molar-refractivity contribution in [3.8, 4) is 0 Å². The molecular formula is C19H30N6O5S2. The summed E-state index contributed by atoms with van der Waals surface area (Å²) < 4.78 is 27.5. The Kier molecular flexibility index (Phi) is 10.1. The number of likely N-dealkylation sites (tertiary alicyclic amines) is 1. The number of carbonyl (C=O) groups excluding carboxylic acids is 3. The topological polar surface area (TPSA) is 177 Å². The first kappa shape index (κ1) is 25.7. The second-order valence-electron chi connectivity index (χ2n) is 7.52. The van der Waals surface area contributed by atoms with Crippen molar-refractivity contribution < 1.29 is 22.8 Å². The Bertz CT molecular complexity index is 899. The van der Waals surface area contributed by atoms with Gasteiger partial charge in [0.2, 0.25) is 21.8 Å². The second kappa shape index (κ2) is 12.5. The standard InChI is InChI=1S/C19H30N6O5S2/c20-19(21)22-8-3-5-14(12-26)23-17(27)11-25-9-2-1-7-16(18(25)28)24-32(29,30)13-15-6-4-10-31-15/h4,6,10,12,14,16,24H,1-3,5,7-9,11,13H2,(H,23,27)(H4,20,21,22)/t14-,16-/m0/s1. The summed E-state index contributed by atoms with van der Waals surface area (Å²) in [7, 11) is -3.71. The van der Waals surface area contributed by atoms with Crippen molar-refractivity contribution in [3.63, 3.8) is 0 Å². The molecule has 0 aliphatic carbocycles. The average Bonchev–Trinajstić information content (AvgIpc) is 3.16. The first-order chi connectivity index (χ1) is 15.2. The quantitative estimate of drug-likeness (QED) is 0.130. The minimum absolute atomic E-state index is 0.0445. The van der Waals surface area contributed by atoms with Gasteiger partial charge in [-0.3, -0.25) is 14.6 Å². The van der Waals surface area contributed by atoms with Crippen LogP contribution in [0, 0.1) is 0 Å². The van der Waals surface area contributed by atoms with Crippen LogP contribution in [-0.4, -0.2) is 69.1 Å². The number of aliphatic imine (C=N–C) groups is 1. The molecule has 1 aliphatic heterocycles. The van der Waals surface area contributed by atoms with Crippen LogP contribution >= 0.6 is 11.3 Å². The molecule has 13 heteroatoms. The minimum Gasteiger partial charge on any atom is -0.370 e. The van der Waals surface area contributed by atoms with E-state index in [0.717, 1.165) is 0 Å². The zero-order chi connectivity index (χ0) is 23.6. The van der Waals surface area contributed by atoms with Crippen LogP contribution in [0.2, 0.25) is 0 Å². The van der Waals surface area contributed by atoms with Gasteiger partial charge in [-0.25, -0.2) is 13.1 Å². The van der Waals surface area contributed by atoms with Crippen LogP contribution in [0.25, 0.3) is 0 Å². The number of nitrogens with zero attached hydrogens (tertiary/aromatic N) is 2. The van der Waals surface area contributed by atoms with E-state index in [1.54, 1.807) is 17.5 Å². The van der Waals surface area contributed by atoms with E-state index >= 15 is 0 Å². The number of thiophene rings is 1. The molecule has 0 radical (unpaired) electrons. The van der Waals surface area contributed by atoms with Crippen LogP contribution in [0.1, 0.15) is 37.0 Å². The maximum Gasteiger partial charge on any atom is 0.241 e. The highest BCUT2D eigenvalue weighted by Crippen LogP contribution is 2.16. The monoisotopic (exact) mass is 486 g/mol. The van der Waals surface area contributed by atoms with Crippen LogP contribution in [0.4, 0.5) is 0 Å². The first-order valence-electron chi connectivity index (χ1n) is 10.3. The third-order valence-electron chi connectivity index (χ3n) is 4.83. The molecule has 0 spiro atoms. The van der Waals surface area contributed by atoms with E-state index in [0.29, 0.717) is 56.4 Å². The highest BCUT2D eigenvalue weighted by Gasteiger charge is 2.31. The fourth-order valence-corrected chi connectivity index (χ4v) is 5.76. The van der Waals surface area contributed by atoms with Gasteiger partial charge >= 0.3 is 0 Å². The average molecular weight is 487 g/mol. The molecule has 1 aliphatic rings. The highest BCUT2D eigenvalue weighted by atomic mass is 32.2. The molecule has 11 nitrogen and oxygen atoms in total.